The van der Waals surface area contributed by atoms with Gasteiger partial charge in [0, 0.05) is 12.6 Å². The van der Waals surface area contributed by atoms with E-state index in [-0.39, 0.29) is 6.10 Å². The van der Waals surface area contributed by atoms with Gasteiger partial charge in [0.25, 0.3) is 0 Å². The van der Waals surface area contributed by atoms with Crippen LogP contribution in [0.4, 0.5) is 0 Å². The van der Waals surface area contributed by atoms with Crippen LogP contribution in [0.15, 0.2) is 49.6 Å². The summed E-state index contributed by atoms with van der Waals surface area (Å²) in [6, 6.07) is 8.00. The third kappa shape index (κ3) is 7.29. The van der Waals surface area contributed by atoms with Gasteiger partial charge < -0.3 is 19.5 Å². The van der Waals surface area contributed by atoms with Crippen LogP contribution in [0.5, 0.6) is 11.5 Å². The highest BCUT2D eigenvalue weighted by atomic mass is 16.5. The summed E-state index contributed by atoms with van der Waals surface area (Å²) in [5.74, 6) is 1.42. The summed E-state index contributed by atoms with van der Waals surface area (Å²) in [6.45, 7) is 13.7. The smallest absolute Gasteiger partial charge is 0.161 e. The minimum absolute atomic E-state index is 0.0483. The van der Waals surface area contributed by atoms with Gasteiger partial charge in [-0.15, -0.1) is 6.58 Å². The molecule has 0 saturated carbocycles. The van der Waals surface area contributed by atoms with Crippen molar-refractivity contribution < 1.29 is 14.2 Å². The molecule has 1 rings (SSSR count). The van der Waals surface area contributed by atoms with Crippen molar-refractivity contribution in [2.75, 3.05) is 26.4 Å². The molecule has 0 amide bonds. The zero-order chi connectivity index (χ0) is 16.2. The van der Waals surface area contributed by atoms with Crippen molar-refractivity contribution >= 4 is 0 Å². The Hall–Kier alpha value is -1.78. The molecule has 1 aromatic carbocycles. The predicted molar refractivity (Wildman–Crippen MR) is 90.7 cm³/mol. The first-order chi connectivity index (χ1) is 10.7. The van der Waals surface area contributed by atoms with Crippen LogP contribution in [-0.2, 0) is 4.74 Å². The van der Waals surface area contributed by atoms with E-state index in [2.05, 4.69) is 32.3 Å². The van der Waals surface area contributed by atoms with Crippen LogP contribution in [0.25, 0.3) is 0 Å². The van der Waals surface area contributed by atoms with E-state index in [4.69, 9.17) is 14.2 Å². The number of hydrogen-bond donors (Lipinski definition) is 1. The summed E-state index contributed by atoms with van der Waals surface area (Å²) >= 11 is 0. The summed E-state index contributed by atoms with van der Waals surface area (Å²) in [4.78, 5) is 0. The predicted octanol–water partition coefficient (Wildman–Crippen LogP) is 3.20. The second kappa shape index (κ2) is 10.9. The van der Waals surface area contributed by atoms with Gasteiger partial charge in [0.1, 0.15) is 19.3 Å². The fourth-order valence-corrected chi connectivity index (χ4v) is 1.76. The summed E-state index contributed by atoms with van der Waals surface area (Å²) < 4.78 is 17.2. The summed E-state index contributed by atoms with van der Waals surface area (Å²) in [5.41, 5.74) is 0. The number of ether oxygens (including phenoxy) is 3. The lowest BCUT2D eigenvalue weighted by Crippen LogP contribution is -2.37. The normalized spacial score (nSPS) is 12.0. The Morgan fingerprint density at radius 3 is 2.27 bits per heavy atom. The molecule has 0 heterocycles. The fraction of sp³-hybridized carbons (Fsp3) is 0.444. The second-order valence-electron chi connectivity index (χ2n) is 5.16. The van der Waals surface area contributed by atoms with E-state index in [9.17, 15) is 0 Å². The maximum atomic E-state index is 5.87. The lowest BCUT2D eigenvalue weighted by atomic mass is 10.3. The maximum Gasteiger partial charge on any atom is 0.161 e. The highest BCUT2D eigenvalue weighted by molar-refractivity contribution is 5.39. The first-order valence-corrected chi connectivity index (χ1v) is 7.58. The van der Waals surface area contributed by atoms with Crippen LogP contribution in [0, 0.1) is 0 Å². The van der Waals surface area contributed by atoms with E-state index in [0.717, 1.165) is 6.54 Å². The minimum atomic E-state index is -0.0483. The van der Waals surface area contributed by atoms with Crippen molar-refractivity contribution in [3.63, 3.8) is 0 Å². The highest BCUT2D eigenvalue weighted by Gasteiger charge is 2.12. The van der Waals surface area contributed by atoms with Crippen molar-refractivity contribution in [2.45, 2.75) is 26.0 Å². The number of nitrogens with one attached hydrogen (secondary N) is 1. The average Bonchev–Trinajstić information content (AvgIpc) is 2.52. The van der Waals surface area contributed by atoms with Gasteiger partial charge in [-0.3, -0.25) is 0 Å². The maximum absolute atomic E-state index is 5.87. The molecule has 22 heavy (non-hydrogen) atoms. The molecular weight excluding hydrogens is 278 g/mol. The van der Waals surface area contributed by atoms with Crippen molar-refractivity contribution in [3.05, 3.63) is 49.6 Å². The molecule has 0 aromatic heterocycles. The summed E-state index contributed by atoms with van der Waals surface area (Å²) in [5, 5.41) is 3.36. The highest BCUT2D eigenvalue weighted by Crippen LogP contribution is 2.26. The third-order valence-electron chi connectivity index (χ3n) is 2.83. The molecule has 0 radical (unpaired) electrons. The first kappa shape index (κ1) is 18.3. The van der Waals surface area contributed by atoms with Crippen LogP contribution >= 0.6 is 0 Å². The van der Waals surface area contributed by atoms with Crippen molar-refractivity contribution in [2.24, 2.45) is 0 Å². The van der Waals surface area contributed by atoms with E-state index >= 15 is 0 Å². The van der Waals surface area contributed by atoms with Crippen molar-refractivity contribution in [1.82, 2.24) is 5.32 Å². The SMILES string of the molecule is C=CCOc1ccccc1OCC(CNC(C)C)OCC=C. The molecule has 0 bridgehead atoms. The monoisotopic (exact) mass is 305 g/mol. The quantitative estimate of drug-likeness (QED) is 0.602. The molecule has 0 aliphatic carbocycles. The van der Waals surface area contributed by atoms with Crippen molar-refractivity contribution in [1.29, 1.82) is 0 Å². The van der Waals surface area contributed by atoms with Gasteiger partial charge in [-0.1, -0.05) is 44.7 Å². The molecule has 4 nitrogen and oxygen atoms in total. The largest absolute Gasteiger partial charge is 0.487 e. The molecule has 1 aromatic rings. The van der Waals surface area contributed by atoms with Gasteiger partial charge in [0.05, 0.1) is 6.61 Å². The molecule has 1 atom stereocenters. The fourth-order valence-electron chi connectivity index (χ4n) is 1.76. The Kier molecular flexibility index (Phi) is 9.03. The molecule has 1 unspecified atom stereocenters. The van der Waals surface area contributed by atoms with E-state index in [1.54, 1.807) is 12.2 Å². The number of rotatable bonds is 12. The van der Waals surface area contributed by atoms with E-state index in [1.165, 1.54) is 0 Å². The van der Waals surface area contributed by atoms with E-state index in [0.29, 0.717) is 37.4 Å². The van der Waals surface area contributed by atoms with Crippen LogP contribution in [0.2, 0.25) is 0 Å². The Bertz CT molecular complexity index is 446. The Labute approximate surface area is 133 Å². The zero-order valence-corrected chi connectivity index (χ0v) is 13.6. The summed E-state index contributed by atoms with van der Waals surface area (Å²) in [6.07, 6.45) is 3.40. The van der Waals surface area contributed by atoms with E-state index < -0.39 is 0 Å². The molecule has 1 N–H and O–H groups in total. The lowest BCUT2D eigenvalue weighted by Gasteiger charge is -2.20. The number of benzene rings is 1. The molecule has 0 spiro atoms. The van der Waals surface area contributed by atoms with Crippen LogP contribution in [0.3, 0.4) is 0 Å². The Morgan fingerprint density at radius 1 is 1.05 bits per heavy atom. The van der Waals surface area contributed by atoms with Gasteiger partial charge >= 0.3 is 0 Å². The second-order valence-corrected chi connectivity index (χ2v) is 5.16. The molecule has 0 aliphatic rings. The molecule has 0 aliphatic heterocycles. The van der Waals surface area contributed by atoms with Crippen LogP contribution in [0.1, 0.15) is 13.8 Å². The molecule has 0 saturated heterocycles. The minimum Gasteiger partial charge on any atom is -0.487 e. The van der Waals surface area contributed by atoms with Gasteiger partial charge in [-0.05, 0) is 12.1 Å². The topological polar surface area (TPSA) is 39.7 Å². The molecule has 0 fully saturated rings. The number of hydrogen-bond acceptors (Lipinski definition) is 4. The average molecular weight is 305 g/mol. The molecular formula is C18H27NO3. The molecule has 4 heteroatoms. The van der Waals surface area contributed by atoms with Gasteiger partial charge in [0.2, 0.25) is 0 Å². The van der Waals surface area contributed by atoms with Crippen molar-refractivity contribution in [3.8, 4) is 11.5 Å². The van der Waals surface area contributed by atoms with Gasteiger partial charge in [-0.2, -0.15) is 0 Å². The zero-order valence-electron chi connectivity index (χ0n) is 13.6. The Balaban J connectivity index is 2.58. The van der Waals surface area contributed by atoms with Crippen LogP contribution in [-0.4, -0.2) is 38.5 Å². The van der Waals surface area contributed by atoms with Gasteiger partial charge in [0.15, 0.2) is 11.5 Å². The lowest BCUT2D eigenvalue weighted by molar-refractivity contribution is 0.0350. The standard InChI is InChI=1S/C18H27NO3/c1-5-11-20-16(13-19-15(3)4)14-22-18-10-8-7-9-17(18)21-12-6-2/h5-10,15-16,19H,1-2,11-14H2,3-4H3. The van der Waals surface area contributed by atoms with E-state index in [1.807, 2.05) is 24.3 Å². The molecule has 122 valence electrons. The third-order valence-corrected chi connectivity index (χ3v) is 2.83. The van der Waals surface area contributed by atoms with Crippen LogP contribution < -0.4 is 14.8 Å². The Morgan fingerprint density at radius 2 is 1.68 bits per heavy atom. The van der Waals surface area contributed by atoms with Gasteiger partial charge in [-0.25, -0.2) is 0 Å². The first-order valence-electron chi connectivity index (χ1n) is 7.58. The number of para-hydroxylation sites is 2. The summed E-state index contributed by atoms with van der Waals surface area (Å²) in [7, 11) is 0.